The number of aromatic nitrogens is 3. The molecule has 0 amide bonds. The minimum absolute atomic E-state index is 0.0505. The molecule has 0 radical (unpaired) electrons. The Balaban J connectivity index is 2.38. The molecule has 1 N–H and O–H groups in total. The molecule has 0 saturated carbocycles. The largest absolute Gasteiger partial charge is 0.481 e. The third-order valence-electron chi connectivity index (χ3n) is 2.81. The minimum atomic E-state index is -0.818. The molecular weight excluding hydrogens is 218 g/mol. The van der Waals surface area contributed by atoms with Gasteiger partial charge in [0.15, 0.2) is 0 Å². The maximum absolute atomic E-state index is 11.0. The lowest BCUT2D eigenvalue weighted by Crippen LogP contribution is -2.12. The molecule has 5 heteroatoms. The molecular formula is C12H15N3O2. The number of nitrogens with zero attached hydrogens (tertiary/aromatic N) is 3. The number of carbonyl (C=O) groups is 1. The highest BCUT2D eigenvalue weighted by Crippen LogP contribution is 2.26. The van der Waals surface area contributed by atoms with Crippen molar-refractivity contribution in [1.29, 1.82) is 0 Å². The van der Waals surface area contributed by atoms with Crippen molar-refractivity contribution < 1.29 is 9.90 Å². The van der Waals surface area contributed by atoms with Crippen LogP contribution in [-0.4, -0.2) is 25.2 Å². The van der Waals surface area contributed by atoms with E-state index in [1.165, 1.54) is 0 Å². The summed E-state index contributed by atoms with van der Waals surface area (Å²) in [6, 6.07) is 1.93. The van der Waals surface area contributed by atoms with Crippen molar-refractivity contribution in [1.82, 2.24) is 14.1 Å². The van der Waals surface area contributed by atoms with Crippen LogP contribution in [0.4, 0.5) is 0 Å². The van der Waals surface area contributed by atoms with Crippen LogP contribution < -0.4 is 0 Å². The average molecular weight is 233 g/mol. The lowest BCUT2D eigenvalue weighted by molar-refractivity contribution is -0.137. The van der Waals surface area contributed by atoms with Crippen molar-refractivity contribution >= 4 is 5.97 Å². The predicted octanol–water partition coefficient (Wildman–Crippen LogP) is 1.37. The second-order valence-corrected chi connectivity index (χ2v) is 4.16. The molecule has 0 aliphatic carbocycles. The molecule has 0 saturated heterocycles. The van der Waals surface area contributed by atoms with E-state index in [-0.39, 0.29) is 12.3 Å². The zero-order chi connectivity index (χ0) is 12.4. The number of aryl methyl sites for hydroxylation is 2. The first kappa shape index (κ1) is 11.4. The van der Waals surface area contributed by atoms with Crippen LogP contribution in [0.2, 0.25) is 0 Å². The quantitative estimate of drug-likeness (QED) is 0.867. The van der Waals surface area contributed by atoms with Gasteiger partial charge in [-0.15, -0.1) is 0 Å². The van der Waals surface area contributed by atoms with E-state index < -0.39 is 5.97 Å². The number of imidazole rings is 1. The minimum Gasteiger partial charge on any atom is -0.481 e. The van der Waals surface area contributed by atoms with E-state index in [1.807, 2.05) is 47.9 Å². The van der Waals surface area contributed by atoms with Crippen LogP contribution in [0.15, 0.2) is 30.9 Å². The number of carboxylic acids is 1. The molecule has 1 atom stereocenters. The first-order chi connectivity index (χ1) is 8.08. The van der Waals surface area contributed by atoms with Gasteiger partial charge in [-0.3, -0.25) is 4.79 Å². The molecule has 0 fully saturated rings. The van der Waals surface area contributed by atoms with Gasteiger partial charge in [-0.2, -0.15) is 0 Å². The Bertz CT molecular complexity index is 527. The summed E-state index contributed by atoms with van der Waals surface area (Å²) in [4.78, 5) is 15.2. The van der Waals surface area contributed by atoms with Crippen LogP contribution >= 0.6 is 0 Å². The smallest absolute Gasteiger partial charge is 0.304 e. The maximum Gasteiger partial charge on any atom is 0.304 e. The molecule has 2 rings (SSSR count). The van der Waals surface area contributed by atoms with Gasteiger partial charge in [-0.1, -0.05) is 0 Å². The van der Waals surface area contributed by atoms with Crippen molar-refractivity contribution in [3.8, 4) is 0 Å². The summed E-state index contributed by atoms with van der Waals surface area (Å²) in [6.45, 7) is 0. The zero-order valence-corrected chi connectivity index (χ0v) is 9.87. The predicted molar refractivity (Wildman–Crippen MR) is 62.7 cm³/mol. The van der Waals surface area contributed by atoms with Gasteiger partial charge < -0.3 is 14.2 Å². The summed E-state index contributed by atoms with van der Waals surface area (Å²) in [7, 11) is 3.79. The molecule has 0 aliphatic rings. The van der Waals surface area contributed by atoms with Crippen LogP contribution in [0.3, 0.4) is 0 Å². The number of hydrogen-bond acceptors (Lipinski definition) is 2. The average Bonchev–Trinajstić information content (AvgIpc) is 2.84. The number of hydrogen-bond donors (Lipinski definition) is 1. The standard InChI is InChI=1S/C12H15N3O2/c1-14-5-3-9(8-14)10(7-11(16)17)12-13-4-6-15(12)2/h3-6,8,10H,7H2,1-2H3,(H,16,17). The van der Waals surface area contributed by atoms with Crippen LogP contribution in [-0.2, 0) is 18.9 Å². The molecule has 2 aromatic rings. The van der Waals surface area contributed by atoms with Crippen molar-refractivity contribution in [2.45, 2.75) is 12.3 Å². The van der Waals surface area contributed by atoms with Gasteiger partial charge in [-0.05, 0) is 11.6 Å². The third-order valence-corrected chi connectivity index (χ3v) is 2.81. The zero-order valence-electron chi connectivity index (χ0n) is 9.87. The topological polar surface area (TPSA) is 60.1 Å². The molecule has 1 unspecified atom stereocenters. The van der Waals surface area contributed by atoms with E-state index >= 15 is 0 Å². The second-order valence-electron chi connectivity index (χ2n) is 4.16. The summed E-state index contributed by atoms with van der Waals surface area (Å²) < 4.78 is 3.77. The second kappa shape index (κ2) is 4.45. The Kier molecular flexibility index (Phi) is 2.99. The Morgan fingerprint density at radius 2 is 2.24 bits per heavy atom. The SMILES string of the molecule is Cn1ccc(C(CC(=O)O)c2nccn2C)c1. The molecule has 5 nitrogen and oxygen atoms in total. The van der Waals surface area contributed by atoms with Crippen LogP contribution in [0.1, 0.15) is 23.7 Å². The van der Waals surface area contributed by atoms with Crippen LogP contribution in [0.25, 0.3) is 0 Å². The third kappa shape index (κ3) is 2.38. The molecule has 0 spiro atoms. The van der Waals surface area contributed by atoms with Crippen LogP contribution in [0, 0.1) is 0 Å². The van der Waals surface area contributed by atoms with Crippen molar-refractivity contribution in [2.75, 3.05) is 0 Å². The lowest BCUT2D eigenvalue weighted by Gasteiger charge is -2.13. The number of aliphatic carboxylic acids is 1. The summed E-state index contributed by atoms with van der Waals surface area (Å²) in [5.74, 6) is -0.242. The highest BCUT2D eigenvalue weighted by Gasteiger charge is 2.22. The summed E-state index contributed by atoms with van der Waals surface area (Å²) in [5, 5.41) is 9.00. The Labute approximate surface area is 99.3 Å². The first-order valence-electron chi connectivity index (χ1n) is 5.39. The molecule has 0 aliphatic heterocycles. The van der Waals surface area contributed by atoms with E-state index in [0.29, 0.717) is 0 Å². The van der Waals surface area contributed by atoms with Gasteiger partial charge in [-0.25, -0.2) is 4.98 Å². The summed E-state index contributed by atoms with van der Waals surface area (Å²) in [6.07, 6.45) is 7.41. The molecule has 0 aromatic carbocycles. The fourth-order valence-electron chi connectivity index (χ4n) is 1.98. The molecule has 2 heterocycles. The van der Waals surface area contributed by atoms with E-state index in [4.69, 9.17) is 5.11 Å². The fourth-order valence-corrected chi connectivity index (χ4v) is 1.98. The Morgan fingerprint density at radius 1 is 1.47 bits per heavy atom. The Morgan fingerprint density at radius 3 is 2.71 bits per heavy atom. The Hall–Kier alpha value is -2.04. The van der Waals surface area contributed by atoms with Gasteiger partial charge in [0.1, 0.15) is 5.82 Å². The number of rotatable bonds is 4. The van der Waals surface area contributed by atoms with Crippen molar-refractivity contribution in [3.05, 3.63) is 42.2 Å². The maximum atomic E-state index is 11.0. The highest BCUT2D eigenvalue weighted by molar-refractivity contribution is 5.68. The molecule has 90 valence electrons. The fraction of sp³-hybridized carbons (Fsp3) is 0.333. The van der Waals surface area contributed by atoms with E-state index in [9.17, 15) is 4.79 Å². The van der Waals surface area contributed by atoms with E-state index in [0.717, 1.165) is 11.4 Å². The monoisotopic (exact) mass is 233 g/mol. The summed E-state index contributed by atoms with van der Waals surface area (Å²) >= 11 is 0. The normalized spacial score (nSPS) is 12.6. The van der Waals surface area contributed by atoms with Crippen molar-refractivity contribution in [2.24, 2.45) is 14.1 Å². The first-order valence-corrected chi connectivity index (χ1v) is 5.39. The number of carboxylic acid groups (broad SMARTS) is 1. The molecule has 17 heavy (non-hydrogen) atoms. The van der Waals surface area contributed by atoms with Gasteiger partial charge in [0.25, 0.3) is 0 Å². The summed E-state index contributed by atoms with van der Waals surface area (Å²) in [5.41, 5.74) is 0.976. The van der Waals surface area contributed by atoms with Gasteiger partial charge >= 0.3 is 5.97 Å². The van der Waals surface area contributed by atoms with Gasteiger partial charge in [0, 0.05) is 38.9 Å². The highest BCUT2D eigenvalue weighted by atomic mass is 16.4. The van der Waals surface area contributed by atoms with Crippen molar-refractivity contribution in [3.63, 3.8) is 0 Å². The van der Waals surface area contributed by atoms with Gasteiger partial charge in [0.05, 0.1) is 12.3 Å². The van der Waals surface area contributed by atoms with E-state index in [1.54, 1.807) is 6.20 Å². The lowest BCUT2D eigenvalue weighted by atomic mass is 9.97. The van der Waals surface area contributed by atoms with Crippen LogP contribution in [0.5, 0.6) is 0 Å². The molecule has 0 bridgehead atoms. The van der Waals surface area contributed by atoms with Gasteiger partial charge in [0.2, 0.25) is 0 Å². The molecule has 2 aromatic heterocycles. The van der Waals surface area contributed by atoms with E-state index in [2.05, 4.69) is 4.98 Å².